The first-order chi connectivity index (χ1) is 38.0. The van der Waals surface area contributed by atoms with Gasteiger partial charge >= 0.3 is 5.97 Å². The Hall–Kier alpha value is -1.66. The Kier molecular flexibility index (Phi) is 65.4. The summed E-state index contributed by atoms with van der Waals surface area (Å²) in [6.45, 7) is 4.97. The molecule has 6 heteroatoms. The van der Waals surface area contributed by atoms with Crippen LogP contribution in [0.4, 0.5) is 0 Å². The van der Waals surface area contributed by atoms with Crippen LogP contribution in [0.3, 0.4) is 0 Å². The molecule has 6 nitrogen and oxygen atoms in total. The highest BCUT2D eigenvalue weighted by atomic mass is 16.5. The molecule has 77 heavy (non-hydrogen) atoms. The zero-order chi connectivity index (χ0) is 55.7. The number of nitrogens with one attached hydrogen (secondary N) is 1. The maximum Gasteiger partial charge on any atom is 0.305 e. The number of hydrogen-bond donors (Lipinski definition) is 3. The minimum atomic E-state index is -0.665. The first kappa shape index (κ1) is 75.3. The summed E-state index contributed by atoms with van der Waals surface area (Å²) >= 11 is 0. The summed E-state index contributed by atoms with van der Waals surface area (Å²) in [6, 6.07) is -0.542. The lowest BCUT2D eigenvalue weighted by molar-refractivity contribution is -0.143. The van der Waals surface area contributed by atoms with Gasteiger partial charge < -0.3 is 20.3 Å². The molecule has 0 aromatic rings. The summed E-state index contributed by atoms with van der Waals surface area (Å²) in [7, 11) is 0. The fourth-order valence-electron chi connectivity index (χ4n) is 11.1. The third-order valence-electron chi connectivity index (χ3n) is 16.5. The standard InChI is InChI=1S/C71H137NO5/c1-3-5-7-9-11-13-15-17-18-19-30-33-36-40-43-47-51-55-59-63-69(74)68(67-73)72-70(75)64-60-56-52-48-44-41-37-34-31-28-26-24-22-20-21-23-25-27-29-32-35-38-42-46-50-54-58-62-66-77-71(76)65-61-57-53-49-45-39-16-14-12-10-8-6-4-2/h14,16,20-21,68-69,73-74H,3-13,15,17-19,22-67H2,1-2H3,(H,72,75)/b16-14-,21-20-. The van der Waals surface area contributed by atoms with Crippen LogP contribution in [-0.4, -0.2) is 47.4 Å². The van der Waals surface area contributed by atoms with E-state index in [1.54, 1.807) is 0 Å². The number of carbonyl (C=O) groups excluding carboxylic acids is 2. The largest absolute Gasteiger partial charge is 0.466 e. The normalized spacial score (nSPS) is 12.6. The number of aliphatic hydroxyl groups excluding tert-OH is 2. The highest BCUT2D eigenvalue weighted by Gasteiger charge is 2.20. The van der Waals surface area contributed by atoms with Crippen molar-refractivity contribution in [3.8, 4) is 0 Å². The fraction of sp³-hybridized carbons (Fsp3) is 0.915. The van der Waals surface area contributed by atoms with Gasteiger partial charge in [-0.05, 0) is 77.0 Å². The molecule has 2 atom stereocenters. The van der Waals surface area contributed by atoms with E-state index in [2.05, 4.69) is 43.5 Å². The molecule has 456 valence electrons. The van der Waals surface area contributed by atoms with Crippen LogP contribution < -0.4 is 5.32 Å². The van der Waals surface area contributed by atoms with Gasteiger partial charge in [0.15, 0.2) is 0 Å². The molecule has 0 radical (unpaired) electrons. The summed E-state index contributed by atoms with van der Waals surface area (Å²) in [5.74, 6) is -0.0238. The van der Waals surface area contributed by atoms with E-state index in [1.165, 1.54) is 315 Å². The Morgan fingerprint density at radius 3 is 0.935 bits per heavy atom. The molecule has 0 bridgehead atoms. The van der Waals surface area contributed by atoms with Crippen molar-refractivity contribution < 1.29 is 24.5 Å². The number of allylic oxidation sites excluding steroid dienone is 4. The summed E-state index contributed by atoms with van der Waals surface area (Å²) in [4.78, 5) is 24.6. The summed E-state index contributed by atoms with van der Waals surface area (Å²) < 4.78 is 5.48. The van der Waals surface area contributed by atoms with Gasteiger partial charge in [-0.1, -0.05) is 327 Å². The molecule has 0 saturated heterocycles. The van der Waals surface area contributed by atoms with Crippen molar-refractivity contribution in [1.29, 1.82) is 0 Å². The molecule has 0 spiro atoms. The number of aliphatic hydroxyl groups is 2. The van der Waals surface area contributed by atoms with Crippen LogP contribution in [0.25, 0.3) is 0 Å². The maximum absolute atomic E-state index is 12.5. The number of esters is 1. The van der Waals surface area contributed by atoms with Crippen LogP contribution in [-0.2, 0) is 14.3 Å². The quantitative estimate of drug-likeness (QED) is 0.0320. The third-order valence-corrected chi connectivity index (χ3v) is 16.5. The summed E-state index contributed by atoms with van der Waals surface area (Å²) in [5.41, 5.74) is 0. The van der Waals surface area contributed by atoms with Crippen LogP contribution in [0.2, 0.25) is 0 Å². The van der Waals surface area contributed by atoms with Crippen molar-refractivity contribution in [3.63, 3.8) is 0 Å². The monoisotopic (exact) mass is 1080 g/mol. The Labute approximate surface area is 481 Å². The van der Waals surface area contributed by atoms with E-state index in [4.69, 9.17) is 4.74 Å². The first-order valence-corrected chi connectivity index (χ1v) is 35.1. The SMILES string of the molecule is CCCCCC/C=C\CCCCCCCC(=O)OCCCCCCCCCCCCCC/C=C\CCCCCCCCCCCCCCC(=O)NC(CO)C(O)CCCCCCCCCCCCCCCCCCCCC. The van der Waals surface area contributed by atoms with Crippen molar-refractivity contribution in [1.82, 2.24) is 5.32 Å². The van der Waals surface area contributed by atoms with E-state index in [-0.39, 0.29) is 18.5 Å². The number of amides is 1. The van der Waals surface area contributed by atoms with Crippen LogP contribution in [0.15, 0.2) is 24.3 Å². The van der Waals surface area contributed by atoms with Gasteiger partial charge in [-0.15, -0.1) is 0 Å². The third kappa shape index (κ3) is 63.4. The highest BCUT2D eigenvalue weighted by Crippen LogP contribution is 2.19. The second kappa shape index (κ2) is 66.8. The van der Waals surface area contributed by atoms with Crippen molar-refractivity contribution >= 4 is 11.9 Å². The van der Waals surface area contributed by atoms with Gasteiger partial charge in [0.05, 0.1) is 25.4 Å². The van der Waals surface area contributed by atoms with E-state index in [1.807, 2.05) is 0 Å². The Morgan fingerprint density at radius 1 is 0.351 bits per heavy atom. The minimum Gasteiger partial charge on any atom is -0.466 e. The van der Waals surface area contributed by atoms with Gasteiger partial charge in [-0.3, -0.25) is 9.59 Å². The number of ether oxygens (including phenoxy) is 1. The molecule has 0 aromatic carbocycles. The Balaban J connectivity index is 3.38. The average molecular weight is 1080 g/mol. The van der Waals surface area contributed by atoms with Crippen molar-refractivity contribution in [2.75, 3.05) is 13.2 Å². The second-order valence-corrected chi connectivity index (χ2v) is 24.2. The molecule has 0 rings (SSSR count). The summed E-state index contributed by atoms with van der Waals surface area (Å²) in [5, 5.41) is 23.4. The van der Waals surface area contributed by atoms with E-state index in [9.17, 15) is 19.8 Å². The molecule has 0 saturated carbocycles. The Bertz CT molecular complexity index is 1200. The van der Waals surface area contributed by atoms with Crippen LogP contribution >= 0.6 is 0 Å². The smallest absolute Gasteiger partial charge is 0.305 e. The molecular weight excluding hydrogens is 947 g/mol. The van der Waals surface area contributed by atoms with Crippen molar-refractivity contribution in [2.24, 2.45) is 0 Å². The zero-order valence-corrected chi connectivity index (χ0v) is 52.2. The fourth-order valence-corrected chi connectivity index (χ4v) is 11.1. The van der Waals surface area contributed by atoms with E-state index < -0.39 is 12.1 Å². The maximum atomic E-state index is 12.5. The highest BCUT2D eigenvalue weighted by molar-refractivity contribution is 5.76. The molecule has 0 aliphatic heterocycles. The van der Waals surface area contributed by atoms with Crippen LogP contribution in [0, 0.1) is 0 Å². The second-order valence-electron chi connectivity index (χ2n) is 24.2. The van der Waals surface area contributed by atoms with E-state index in [0.717, 1.165) is 44.9 Å². The van der Waals surface area contributed by atoms with Crippen molar-refractivity contribution in [3.05, 3.63) is 24.3 Å². The molecule has 0 heterocycles. The molecule has 1 amide bonds. The Morgan fingerprint density at radius 2 is 0.610 bits per heavy atom. The lowest BCUT2D eigenvalue weighted by Gasteiger charge is -2.22. The number of hydrogen-bond acceptors (Lipinski definition) is 5. The minimum absolute atomic E-state index is 0.00719. The van der Waals surface area contributed by atoms with Gasteiger partial charge in [0, 0.05) is 12.8 Å². The number of carbonyl (C=O) groups is 2. The lowest BCUT2D eigenvalue weighted by Crippen LogP contribution is -2.45. The number of rotatable bonds is 66. The zero-order valence-electron chi connectivity index (χ0n) is 52.2. The predicted molar refractivity (Wildman–Crippen MR) is 338 cm³/mol. The molecule has 3 N–H and O–H groups in total. The van der Waals surface area contributed by atoms with Crippen LogP contribution in [0.1, 0.15) is 393 Å². The number of unbranched alkanes of at least 4 members (excludes halogenated alkanes) is 51. The van der Waals surface area contributed by atoms with Gasteiger partial charge in [0.1, 0.15) is 0 Å². The predicted octanol–water partition coefficient (Wildman–Crippen LogP) is 22.5. The molecule has 2 unspecified atom stereocenters. The van der Waals surface area contributed by atoms with Crippen LogP contribution in [0.5, 0.6) is 0 Å². The van der Waals surface area contributed by atoms with Gasteiger partial charge in [0.25, 0.3) is 0 Å². The molecule has 0 aliphatic carbocycles. The lowest BCUT2D eigenvalue weighted by atomic mass is 10.0. The molecular formula is C71H137NO5. The topological polar surface area (TPSA) is 95.9 Å². The van der Waals surface area contributed by atoms with Gasteiger partial charge in [-0.2, -0.15) is 0 Å². The summed E-state index contributed by atoms with van der Waals surface area (Å²) in [6.07, 6.45) is 83.7. The van der Waals surface area contributed by atoms with E-state index >= 15 is 0 Å². The van der Waals surface area contributed by atoms with Gasteiger partial charge in [-0.25, -0.2) is 0 Å². The van der Waals surface area contributed by atoms with Crippen molar-refractivity contribution in [2.45, 2.75) is 405 Å². The molecule has 0 aliphatic rings. The molecule has 0 aromatic heterocycles. The van der Waals surface area contributed by atoms with Gasteiger partial charge in [0.2, 0.25) is 5.91 Å². The average Bonchev–Trinajstić information content (AvgIpc) is 3.43. The first-order valence-electron chi connectivity index (χ1n) is 35.1. The van der Waals surface area contributed by atoms with E-state index in [0.29, 0.717) is 25.9 Å². The molecule has 0 fully saturated rings.